The Morgan fingerprint density at radius 3 is 1.96 bits per heavy atom. The first-order chi connectivity index (χ1) is 12.8. The van der Waals surface area contributed by atoms with Crippen LogP contribution >= 0.6 is 0 Å². The molecule has 0 aromatic carbocycles. The normalized spacial score (nSPS) is 52.3. The lowest BCUT2D eigenvalue weighted by Gasteiger charge is -2.46. The molecule has 5 saturated heterocycles. The van der Waals surface area contributed by atoms with Crippen LogP contribution in [0.2, 0.25) is 0 Å². The van der Waals surface area contributed by atoms with Crippen molar-refractivity contribution in [3.63, 3.8) is 0 Å². The van der Waals surface area contributed by atoms with Crippen LogP contribution in [0.5, 0.6) is 0 Å². The summed E-state index contributed by atoms with van der Waals surface area (Å²) >= 11 is 0. The lowest BCUT2D eigenvalue weighted by molar-refractivity contribution is -0.352. The van der Waals surface area contributed by atoms with E-state index in [1.807, 2.05) is 0 Å². The number of hydrogen-bond donors (Lipinski definition) is 1. The van der Waals surface area contributed by atoms with Crippen LogP contribution in [0.3, 0.4) is 0 Å². The van der Waals surface area contributed by atoms with Gasteiger partial charge in [0.2, 0.25) is 0 Å². The summed E-state index contributed by atoms with van der Waals surface area (Å²) in [5.41, 5.74) is 0. The molecule has 8 nitrogen and oxygen atoms in total. The molecule has 26 heavy (non-hydrogen) atoms. The van der Waals surface area contributed by atoms with E-state index in [-0.39, 0.29) is 18.3 Å². The smallest absolute Gasteiger partial charge is 0.190 e. The lowest BCUT2D eigenvalue weighted by Crippen LogP contribution is -2.63. The zero-order valence-electron chi connectivity index (χ0n) is 14.9. The van der Waals surface area contributed by atoms with E-state index in [4.69, 9.17) is 33.2 Å². The third kappa shape index (κ3) is 3.31. The van der Waals surface area contributed by atoms with Gasteiger partial charge in [-0.3, -0.25) is 0 Å². The molecule has 5 aliphatic heterocycles. The fourth-order valence-corrected chi connectivity index (χ4v) is 4.49. The van der Waals surface area contributed by atoms with Gasteiger partial charge in [0.1, 0.15) is 36.6 Å². The van der Waals surface area contributed by atoms with Crippen LogP contribution in [0, 0.1) is 0 Å². The van der Waals surface area contributed by atoms with Crippen LogP contribution in [0.4, 0.5) is 0 Å². The molecule has 0 radical (unpaired) electrons. The van der Waals surface area contributed by atoms with E-state index in [1.165, 1.54) is 0 Å². The molecule has 5 heterocycles. The van der Waals surface area contributed by atoms with Crippen LogP contribution in [-0.2, 0) is 33.2 Å². The largest absolute Gasteiger partial charge is 0.387 e. The second-order valence-electron chi connectivity index (χ2n) is 7.75. The maximum atomic E-state index is 10.9. The molecule has 0 saturated carbocycles. The second kappa shape index (κ2) is 7.60. The van der Waals surface area contributed by atoms with Crippen LogP contribution in [0.15, 0.2) is 0 Å². The van der Waals surface area contributed by atoms with Gasteiger partial charge < -0.3 is 38.3 Å². The highest BCUT2D eigenvalue weighted by molar-refractivity contribution is 4.96. The first-order valence-corrected chi connectivity index (χ1v) is 9.94. The molecule has 0 bridgehead atoms. The van der Waals surface area contributed by atoms with Crippen molar-refractivity contribution < 1.29 is 38.3 Å². The van der Waals surface area contributed by atoms with E-state index in [9.17, 15) is 5.11 Å². The average molecular weight is 372 g/mol. The Morgan fingerprint density at radius 1 is 0.577 bits per heavy atom. The highest BCUT2D eigenvalue weighted by Gasteiger charge is 2.56. The third-order valence-electron chi connectivity index (χ3n) is 5.93. The van der Waals surface area contributed by atoms with Gasteiger partial charge in [0.05, 0.1) is 6.61 Å². The minimum Gasteiger partial charge on any atom is -0.387 e. The molecule has 0 aromatic rings. The monoisotopic (exact) mass is 372 g/mol. The van der Waals surface area contributed by atoms with Crippen molar-refractivity contribution in [1.29, 1.82) is 0 Å². The molecule has 0 spiro atoms. The highest BCUT2D eigenvalue weighted by atomic mass is 16.8. The van der Waals surface area contributed by atoms with Crippen LogP contribution in [0.1, 0.15) is 38.5 Å². The Bertz CT molecular complexity index is 462. The van der Waals surface area contributed by atoms with Crippen LogP contribution < -0.4 is 0 Å². The fraction of sp³-hybridized carbons (Fsp3) is 1.00. The first-order valence-electron chi connectivity index (χ1n) is 9.94. The van der Waals surface area contributed by atoms with E-state index in [2.05, 4.69) is 0 Å². The summed E-state index contributed by atoms with van der Waals surface area (Å²) < 4.78 is 41.3. The number of fused-ring (bicyclic) bond motifs is 2. The molecule has 0 aromatic heterocycles. The van der Waals surface area contributed by atoms with Gasteiger partial charge in [0.25, 0.3) is 0 Å². The van der Waals surface area contributed by atoms with E-state index in [0.717, 1.165) is 51.7 Å². The molecular formula is C18H28O8. The fourth-order valence-electron chi connectivity index (χ4n) is 4.49. The summed E-state index contributed by atoms with van der Waals surface area (Å²) in [6.45, 7) is 1.80. The van der Waals surface area contributed by atoms with Gasteiger partial charge in [-0.1, -0.05) is 0 Å². The molecule has 9 atom stereocenters. The van der Waals surface area contributed by atoms with E-state index in [0.29, 0.717) is 6.61 Å². The van der Waals surface area contributed by atoms with Crippen molar-refractivity contribution in [1.82, 2.24) is 0 Å². The SMILES string of the molecule is OC1C2OC(C3CCCCO3)OCC2OC2OC(C3CCCCO3)OC21. The number of hydrogen-bond acceptors (Lipinski definition) is 8. The molecule has 0 amide bonds. The van der Waals surface area contributed by atoms with Gasteiger partial charge in [0, 0.05) is 13.2 Å². The summed E-state index contributed by atoms with van der Waals surface area (Å²) in [6.07, 6.45) is 2.09. The molecule has 5 fully saturated rings. The van der Waals surface area contributed by atoms with Crippen LogP contribution in [-0.4, -0.2) is 80.4 Å². The number of ether oxygens (including phenoxy) is 7. The number of rotatable bonds is 2. The van der Waals surface area contributed by atoms with Crippen molar-refractivity contribution in [2.45, 2.75) is 94.0 Å². The van der Waals surface area contributed by atoms with Crippen molar-refractivity contribution in [3.05, 3.63) is 0 Å². The standard InChI is InChI=1S/C18H28O8/c19-13-14-12(9-22-16(24-14)10-5-1-3-7-20-10)23-18-15(13)25-17(26-18)11-6-2-4-8-21-11/h10-19H,1-9H2. The van der Waals surface area contributed by atoms with Gasteiger partial charge in [0.15, 0.2) is 18.9 Å². The van der Waals surface area contributed by atoms with Crippen molar-refractivity contribution >= 4 is 0 Å². The zero-order valence-corrected chi connectivity index (χ0v) is 14.9. The molecule has 8 heteroatoms. The summed E-state index contributed by atoms with van der Waals surface area (Å²) in [5, 5.41) is 10.9. The van der Waals surface area contributed by atoms with Gasteiger partial charge in [-0.2, -0.15) is 0 Å². The molecule has 0 aliphatic carbocycles. The number of aliphatic hydroxyl groups is 1. The van der Waals surface area contributed by atoms with E-state index in [1.54, 1.807) is 0 Å². The predicted octanol–water partition coefficient (Wildman–Crippen LogP) is 0.693. The Kier molecular flexibility index (Phi) is 5.19. The molecule has 5 aliphatic rings. The summed E-state index contributed by atoms with van der Waals surface area (Å²) in [4.78, 5) is 0. The average Bonchev–Trinajstić information content (AvgIpc) is 3.14. The maximum Gasteiger partial charge on any atom is 0.190 e. The summed E-state index contributed by atoms with van der Waals surface area (Å²) in [5.74, 6) is 0. The van der Waals surface area contributed by atoms with Gasteiger partial charge >= 0.3 is 0 Å². The minimum absolute atomic E-state index is 0.0845. The summed E-state index contributed by atoms with van der Waals surface area (Å²) in [7, 11) is 0. The Balaban J connectivity index is 1.23. The lowest BCUT2D eigenvalue weighted by atomic mass is 9.97. The van der Waals surface area contributed by atoms with Crippen molar-refractivity contribution in [2.24, 2.45) is 0 Å². The Labute approximate surface area is 153 Å². The number of aliphatic hydroxyl groups excluding tert-OH is 1. The Morgan fingerprint density at radius 2 is 1.27 bits per heavy atom. The first kappa shape index (κ1) is 17.8. The van der Waals surface area contributed by atoms with Crippen molar-refractivity contribution in [2.75, 3.05) is 19.8 Å². The Hall–Kier alpha value is -0.320. The topological polar surface area (TPSA) is 84.8 Å². The maximum absolute atomic E-state index is 10.9. The van der Waals surface area contributed by atoms with Crippen LogP contribution in [0.25, 0.3) is 0 Å². The van der Waals surface area contributed by atoms with Crippen molar-refractivity contribution in [3.8, 4) is 0 Å². The molecular weight excluding hydrogens is 344 g/mol. The zero-order chi connectivity index (χ0) is 17.5. The molecule has 5 rings (SSSR count). The van der Waals surface area contributed by atoms with E-state index < -0.39 is 37.2 Å². The predicted molar refractivity (Wildman–Crippen MR) is 86.2 cm³/mol. The van der Waals surface area contributed by atoms with Gasteiger partial charge in [-0.25, -0.2) is 0 Å². The molecule has 148 valence electrons. The molecule has 1 N–H and O–H groups in total. The highest BCUT2D eigenvalue weighted by Crippen LogP contribution is 2.38. The second-order valence-corrected chi connectivity index (χ2v) is 7.75. The minimum atomic E-state index is -0.831. The van der Waals surface area contributed by atoms with E-state index >= 15 is 0 Å². The quantitative estimate of drug-likeness (QED) is 0.758. The molecule has 9 unspecified atom stereocenters. The van der Waals surface area contributed by atoms with Gasteiger partial charge in [-0.15, -0.1) is 0 Å². The third-order valence-corrected chi connectivity index (χ3v) is 5.93. The summed E-state index contributed by atoms with van der Waals surface area (Å²) in [6, 6.07) is 0. The van der Waals surface area contributed by atoms with Gasteiger partial charge in [-0.05, 0) is 38.5 Å².